The summed E-state index contributed by atoms with van der Waals surface area (Å²) in [5.41, 5.74) is 1.09. The fourth-order valence-electron chi connectivity index (χ4n) is 4.13. The molecule has 1 saturated heterocycles. The maximum Gasteiger partial charge on any atom is 0.338 e. The summed E-state index contributed by atoms with van der Waals surface area (Å²) in [6.07, 6.45) is 6.27. The van der Waals surface area contributed by atoms with E-state index in [2.05, 4.69) is 4.74 Å². The number of methoxy groups -OCH3 is 1. The number of thiazole rings is 1. The van der Waals surface area contributed by atoms with Crippen LogP contribution in [-0.4, -0.2) is 46.9 Å². The number of carbonyl (C=O) groups is 2. The Bertz CT molecular complexity index is 971. The second kappa shape index (κ2) is 8.51. The van der Waals surface area contributed by atoms with Crippen LogP contribution in [0, 0.1) is 10.1 Å². The molecule has 2 aliphatic rings. The molecule has 1 amide bonds. The molecule has 4 rings (SSSR count). The van der Waals surface area contributed by atoms with Crippen LogP contribution in [0.4, 0.5) is 5.69 Å². The number of nitro benzene ring substituents is 1. The van der Waals surface area contributed by atoms with Crippen molar-refractivity contribution in [3.05, 3.63) is 55.0 Å². The standard InChI is InChI=1S/C21H23N3O5S/c1-29-21(26)15-10-14(11-16(12-15)24(27)28)20(25)23-8-6-13(7-9-23)19-22-17-4-2-3-5-18(17)30-19/h10-13H,2-9H2,1H3. The molecule has 8 nitrogen and oxygen atoms in total. The highest BCUT2D eigenvalue weighted by molar-refractivity contribution is 7.11. The number of ether oxygens (including phenoxy) is 1. The molecule has 0 unspecified atom stereocenters. The van der Waals surface area contributed by atoms with Crippen molar-refractivity contribution in [1.82, 2.24) is 9.88 Å². The number of fused-ring (bicyclic) bond motifs is 1. The van der Waals surface area contributed by atoms with Gasteiger partial charge in [0.05, 0.1) is 28.3 Å². The molecular formula is C21H23N3O5S. The third-order valence-electron chi connectivity index (χ3n) is 5.79. The van der Waals surface area contributed by atoms with Gasteiger partial charge in [-0.25, -0.2) is 9.78 Å². The van der Waals surface area contributed by atoms with E-state index in [0.29, 0.717) is 19.0 Å². The van der Waals surface area contributed by atoms with E-state index in [0.717, 1.165) is 31.7 Å². The van der Waals surface area contributed by atoms with E-state index >= 15 is 0 Å². The lowest BCUT2D eigenvalue weighted by Gasteiger charge is -2.31. The van der Waals surface area contributed by atoms with Gasteiger partial charge < -0.3 is 9.64 Å². The fourth-order valence-corrected chi connectivity index (χ4v) is 5.46. The molecular weight excluding hydrogens is 406 g/mol. The second-order valence-electron chi connectivity index (χ2n) is 7.71. The molecule has 0 bridgehead atoms. The van der Waals surface area contributed by atoms with Crippen LogP contribution in [0.5, 0.6) is 0 Å². The maximum absolute atomic E-state index is 13.0. The number of hydrogen-bond donors (Lipinski definition) is 0. The van der Waals surface area contributed by atoms with Crippen LogP contribution in [0.3, 0.4) is 0 Å². The molecule has 30 heavy (non-hydrogen) atoms. The minimum Gasteiger partial charge on any atom is -0.465 e. The summed E-state index contributed by atoms with van der Waals surface area (Å²) in [4.78, 5) is 43.4. The molecule has 0 N–H and O–H groups in total. The summed E-state index contributed by atoms with van der Waals surface area (Å²) < 4.78 is 4.66. The first kappa shape index (κ1) is 20.5. The fraction of sp³-hybridized carbons (Fsp3) is 0.476. The monoisotopic (exact) mass is 429 g/mol. The van der Waals surface area contributed by atoms with Gasteiger partial charge in [0, 0.05) is 41.6 Å². The summed E-state index contributed by atoms with van der Waals surface area (Å²) in [7, 11) is 1.20. The molecule has 1 fully saturated rings. The number of aromatic nitrogens is 1. The first-order valence-corrected chi connectivity index (χ1v) is 10.9. The number of nitro groups is 1. The summed E-state index contributed by atoms with van der Waals surface area (Å²) >= 11 is 1.82. The third-order valence-corrected chi connectivity index (χ3v) is 7.11. The molecule has 9 heteroatoms. The number of amides is 1. The first-order chi connectivity index (χ1) is 14.5. The van der Waals surface area contributed by atoms with Crippen LogP contribution in [0.25, 0.3) is 0 Å². The highest BCUT2D eigenvalue weighted by Gasteiger charge is 2.29. The molecule has 1 aliphatic carbocycles. The van der Waals surface area contributed by atoms with Crippen LogP contribution >= 0.6 is 11.3 Å². The number of likely N-dealkylation sites (tertiary alicyclic amines) is 1. The Kier molecular flexibility index (Phi) is 5.80. The van der Waals surface area contributed by atoms with Crippen molar-refractivity contribution in [3.63, 3.8) is 0 Å². The Balaban J connectivity index is 1.47. The number of carbonyl (C=O) groups excluding carboxylic acids is 2. The lowest BCUT2D eigenvalue weighted by Crippen LogP contribution is -2.38. The molecule has 0 spiro atoms. The van der Waals surface area contributed by atoms with Gasteiger partial charge >= 0.3 is 5.97 Å². The number of hydrogen-bond acceptors (Lipinski definition) is 7. The largest absolute Gasteiger partial charge is 0.465 e. The van der Waals surface area contributed by atoms with Crippen molar-refractivity contribution >= 4 is 28.9 Å². The van der Waals surface area contributed by atoms with E-state index in [4.69, 9.17) is 4.98 Å². The van der Waals surface area contributed by atoms with E-state index in [1.54, 1.807) is 4.90 Å². The van der Waals surface area contributed by atoms with Crippen molar-refractivity contribution in [3.8, 4) is 0 Å². The van der Waals surface area contributed by atoms with E-state index in [1.807, 2.05) is 11.3 Å². The van der Waals surface area contributed by atoms with Crippen molar-refractivity contribution in [1.29, 1.82) is 0 Å². The number of benzene rings is 1. The van der Waals surface area contributed by atoms with E-state index < -0.39 is 10.9 Å². The normalized spacial score (nSPS) is 16.8. The van der Waals surface area contributed by atoms with E-state index in [-0.39, 0.29) is 22.7 Å². The van der Waals surface area contributed by atoms with Gasteiger partial charge in [-0.15, -0.1) is 11.3 Å². The summed E-state index contributed by atoms with van der Waals surface area (Å²) in [5, 5.41) is 12.4. The van der Waals surface area contributed by atoms with Crippen molar-refractivity contribution in [2.75, 3.05) is 20.2 Å². The van der Waals surface area contributed by atoms with Crippen LogP contribution in [-0.2, 0) is 17.6 Å². The Morgan fingerprint density at radius 2 is 1.87 bits per heavy atom. The molecule has 0 radical (unpaired) electrons. The first-order valence-electron chi connectivity index (χ1n) is 10.1. The Morgan fingerprint density at radius 3 is 2.53 bits per heavy atom. The number of rotatable bonds is 4. The highest BCUT2D eigenvalue weighted by atomic mass is 32.1. The molecule has 158 valence electrons. The molecule has 0 saturated carbocycles. The third kappa shape index (κ3) is 4.07. The molecule has 1 aromatic carbocycles. The van der Waals surface area contributed by atoms with Crippen LogP contribution in [0.15, 0.2) is 18.2 Å². The predicted molar refractivity (Wildman–Crippen MR) is 111 cm³/mol. The van der Waals surface area contributed by atoms with Crippen LogP contribution in [0.2, 0.25) is 0 Å². The zero-order chi connectivity index (χ0) is 21.3. The SMILES string of the molecule is COC(=O)c1cc(C(=O)N2CCC(c3nc4c(s3)CCCC4)CC2)cc([N+](=O)[O-])c1. The van der Waals surface area contributed by atoms with Gasteiger partial charge in [-0.2, -0.15) is 0 Å². The van der Waals surface area contributed by atoms with E-state index in [9.17, 15) is 19.7 Å². The lowest BCUT2D eigenvalue weighted by atomic mass is 9.96. The van der Waals surface area contributed by atoms with Gasteiger partial charge in [-0.3, -0.25) is 14.9 Å². The second-order valence-corrected chi connectivity index (χ2v) is 8.83. The highest BCUT2D eigenvalue weighted by Crippen LogP contribution is 2.35. The van der Waals surface area contributed by atoms with E-state index in [1.165, 1.54) is 47.7 Å². The summed E-state index contributed by atoms with van der Waals surface area (Å²) in [6.45, 7) is 1.12. The number of nitrogens with zero attached hydrogens (tertiary/aromatic N) is 3. The Labute approximate surface area is 178 Å². The zero-order valence-corrected chi connectivity index (χ0v) is 17.6. The number of esters is 1. The number of non-ortho nitro benzene ring substituents is 1. The lowest BCUT2D eigenvalue weighted by molar-refractivity contribution is -0.384. The summed E-state index contributed by atoms with van der Waals surface area (Å²) in [5.74, 6) is -0.666. The minimum absolute atomic E-state index is 0.00157. The summed E-state index contributed by atoms with van der Waals surface area (Å²) in [6, 6.07) is 3.71. The predicted octanol–water partition coefficient (Wildman–Crippen LogP) is 3.74. The maximum atomic E-state index is 13.0. The average Bonchev–Trinajstić information content (AvgIpc) is 3.22. The van der Waals surface area contributed by atoms with Crippen molar-refractivity contribution in [2.24, 2.45) is 0 Å². The van der Waals surface area contributed by atoms with Gasteiger partial charge in [0.1, 0.15) is 0 Å². The van der Waals surface area contributed by atoms with Gasteiger partial charge in [0.25, 0.3) is 11.6 Å². The molecule has 2 heterocycles. The topological polar surface area (TPSA) is 103 Å². The van der Waals surface area contributed by atoms with Gasteiger partial charge in [-0.05, 0) is 44.6 Å². The smallest absolute Gasteiger partial charge is 0.338 e. The van der Waals surface area contributed by atoms with Crippen LogP contribution in [0.1, 0.15) is 67.9 Å². The number of piperidine rings is 1. The molecule has 1 aromatic heterocycles. The Hall–Kier alpha value is -2.81. The zero-order valence-electron chi connectivity index (χ0n) is 16.8. The number of aryl methyl sites for hydroxylation is 2. The quantitative estimate of drug-likeness (QED) is 0.417. The molecule has 2 aromatic rings. The molecule has 0 atom stereocenters. The van der Waals surface area contributed by atoms with Gasteiger partial charge in [0.2, 0.25) is 0 Å². The van der Waals surface area contributed by atoms with Gasteiger partial charge in [-0.1, -0.05) is 0 Å². The minimum atomic E-state index is -0.709. The average molecular weight is 429 g/mol. The van der Waals surface area contributed by atoms with Crippen LogP contribution < -0.4 is 0 Å². The van der Waals surface area contributed by atoms with Gasteiger partial charge in [0.15, 0.2) is 0 Å². The van der Waals surface area contributed by atoms with Crippen molar-refractivity contribution in [2.45, 2.75) is 44.4 Å². The van der Waals surface area contributed by atoms with Crippen molar-refractivity contribution < 1.29 is 19.2 Å². The molecule has 1 aliphatic heterocycles. The Morgan fingerprint density at radius 1 is 1.17 bits per heavy atom.